The maximum absolute atomic E-state index is 12.4. The molecule has 1 aliphatic heterocycles. The van der Waals surface area contributed by atoms with Gasteiger partial charge in [-0.1, -0.05) is 0 Å². The largest absolute Gasteiger partial charge is 0.378 e. The van der Waals surface area contributed by atoms with Crippen LogP contribution in [-0.4, -0.2) is 67.7 Å². The highest BCUT2D eigenvalue weighted by Crippen LogP contribution is 2.38. The number of carbonyl (C=O) groups is 1. The Morgan fingerprint density at radius 3 is 2.67 bits per heavy atom. The third-order valence-electron chi connectivity index (χ3n) is 4.45. The first-order valence-corrected chi connectivity index (χ1v) is 6.83. The van der Waals surface area contributed by atoms with E-state index in [1.165, 1.54) is 6.42 Å². The lowest BCUT2D eigenvalue weighted by Crippen LogP contribution is -2.58. The van der Waals surface area contributed by atoms with Gasteiger partial charge in [-0.2, -0.15) is 0 Å². The third kappa shape index (κ3) is 2.68. The van der Waals surface area contributed by atoms with Gasteiger partial charge in [-0.3, -0.25) is 4.79 Å². The molecule has 5 heteroatoms. The Labute approximate surface area is 109 Å². The van der Waals surface area contributed by atoms with Gasteiger partial charge in [-0.05, 0) is 26.3 Å². The minimum absolute atomic E-state index is 0.158. The number of rotatable bonds is 4. The SMILES string of the molecule is COC1(CC(=O)N2CCN(C)CC2CN)CCC1. The second-order valence-electron chi connectivity index (χ2n) is 5.66. The molecule has 1 unspecified atom stereocenters. The topological polar surface area (TPSA) is 58.8 Å². The minimum Gasteiger partial charge on any atom is -0.378 e. The van der Waals surface area contributed by atoms with Crippen LogP contribution in [0.1, 0.15) is 25.7 Å². The van der Waals surface area contributed by atoms with E-state index in [0.29, 0.717) is 13.0 Å². The van der Waals surface area contributed by atoms with Gasteiger partial charge in [0.25, 0.3) is 0 Å². The van der Waals surface area contributed by atoms with Crippen LogP contribution in [0, 0.1) is 0 Å². The summed E-state index contributed by atoms with van der Waals surface area (Å²) in [5, 5.41) is 0. The minimum atomic E-state index is -0.181. The van der Waals surface area contributed by atoms with Gasteiger partial charge in [0.1, 0.15) is 0 Å². The van der Waals surface area contributed by atoms with E-state index in [1.807, 2.05) is 4.90 Å². The van der Waals surface area contributed by atoms with Crippen LogP contribution >= 0.6 is 0 Å². The number of piperazine rings is 1. The molecule has 1 saturated carbocycles. The summed E-state index contributed by atoms with van der Waals surface area (Å²) in [5.41, 5.74) is 5.60. The summed E-state index contributed by atoms with van der Waals surface area (Å²) in [6, 6.07) is 0.158. The molecular formula is C13H25N3O2. The maximum atomic E-state index is 12.4. The fraction of sp³-hybridized carbons (Fsp3) is 0.923. The normalized spacial score (nSPS) is 27.9. The van der Waals surface area contributed by atoms with Crippen molar-refractivity contribution in [3.63, 3.8) is 0 Å². The van der Waals surface area contributed by atoms with Gasteiger partial charge in [-0.15, -0.1) is 0 Å². The second kappa shape index (κ2) is 5.55. The van der Waals surface area contributed by atoms with E-state index in [-0.39, 0.29) is 17.6 Å². The van der Waals surface area contributed by atoms with E-state index < -0.39 is 0 Å². The highest BCUT2D eigenvalue weighted by molar-refractivity contribution is 5.78. The fourth-order valence-corrected chi connectivity index (χ4v) is 2.94. The molecule has 2 rings (SSSR count). The lowest BCUT2D eigenvalue weighted by Gasteiger charge is -2.44. The Bertz CT molecular complexity index is 299. The van der Waals surface area contributed by atoms with Gasteiger partial charge in [0.05, 0.1) is 18.1 Å². The number of methoxy groups -OCH3 is 1. The van der Waals surface area contributed by atoms with Gasteiger partial charge >= 0.3 is 0 Å². The number of likely N-dealkylation sites (N-methyl/N-ethyl adjacent to an activating group) is 1. The number of hydrogen-bond donors (Lipinski definition) is 1. The van der Waals surface area contributed by atoms with E-state index in [4.69, 9.17) is 10.5 Å². The van der Waals surface area contributed by atoms with Gasteiger partial charge in [0, 0.05) is 33.3 Å². The number of nitrogens with two attached hydrogens (primary N) is 1. The van der Waals surface area contributed by atoms with Crippen LogP contribution in [0.3, 0.4) is 0 Å². The molecule has 0 spiro atoms. The Kier molecular flexibility index (Phi) is 4.25. The summed E-state index contributed by atoms with van der Waals surface area (Å²) < 4.78 is 5.54. The van der Waals surface area contributed by atoms with Crippen molar-refractivity contribution in [3.8, 4) is 0 Å². The molecule has 1 heterocycles. The summed E-state index contributed by atoms with van der Waals surface area (Å²) in [5.74, 6) is 0.208. The van der Waals surface area contributed by atoms with Crippen molar-refractivity contribution in [3.05, 3.63) is 0 Å². The summed E-state index contributed by atoms with van der Waals surface area (Å²) in [6.07, 6.45) is 3.71. The van der Waals surface area contributed by atoms with E-state index in [2.05, 4.69) is 11.9 Å². The van der Waals surface area contributed by atoms with Crippen molar-refractivity contribution >= 4 is 5.91 Å². The van der Waals surface area contributed by atoms with E-state index in [0.717, 1.165) is 32.5 Å². The number of ether oxygens (including phenoxy) is 1. The average Bonchev–Trinajstić information content (AvgIpc) is 2.33. The van der Waals surface area contributed by atoms with Crippen molar-refractivity contribution < 1.29 is 9.53 Å². The predicted octanol–water partition coefficient (Wildman–Crippen LogP) is 0.0469. The molecule has 1 atom stereocenters. The zero-order chi connectivity index (χ0) is 13.2. The van der Waals surface area contributed by atoms with Crippen molar-refractivity contribution in [2.24, 2.45) is 5.73 Å². The van der Waals surface area contributed by atoms with Crippen LogP contribution in [0.25, 0.3) is 0 Å². The van der Waals surface area contributed by atoms with Gasteiger partial charge in [-0.25, -0.2) is 0 Å². The Hall–Kier alpha value is -0.650. The number of carbonyl (C=O) groups excluding carboxylic acids is 1. The first-order chi connectivity index (χ1) is 8.60. The molecule has 0 aromatic heterocycles. The number of amides is 1. The molecule has 0 bridgehead atoms. The Morgan fingerprint density at radius 1 is 1.44 bits per heavy atom. The highest BCUT2D eigenvalue weighted by atomic mass is 16.5. The number of hydrogen-bond acceptors (Lipinski definition) is 4. The lowest BCUT2D eigenvalue weighted by molar-refractivity contribution is -0.148. The molecule has 2 N–H and O–H groups in total. The zero-order valence-electron chi connectivity index (χ0n) is 11.5. The van der Waals surface area contributed by atoms with Crippen LogP contribution in [0.4, 0.5) is 0 Å². The molecular weight excluding hydrogens is 230 g/mol. The predicted molar refractivity (Wildman–Crippen MR) is 70.3 cm³/mol. The molecule has 2 aliphatic rings. The van der Waals surface area contributed by atoms with Crippen molar-refractivity contribution in [1.82, 2.24) is 9.80 Å². The van der Waals surface area contributed by atoms with Crippen LogP contribution in [0.15, 0.2) is 0 Å². The number of nitrogens with zero attached hydrogens (tertiary/aromatic N) is 2. The van der Waals surface area contributed by atoms with Crippen LogP contribution in [0.2, 0.25) is 0 Å². The zero-order valence-corrected chi connectivity index (χ0v) is 11.5. The monoisotopic (exact) mass is 255 g/mol. The third-order valence-corrected chi connectivity index (χ3v) is 4.45. The fourth-order valence-electron chi connectivity index (χ4n) is 2.94. The molecule has 1 saturated heterocycles. The highest BCUT2D eigenvalue weighted by Gasteiger charge is 2.41. The Morgan fingerprint density at radius 2 is 2.17 bits per heavy atom. The van der Waals surface area contributed by atoms with Gasteiger partial charge < -0.3 is 20.3 Å². The summed E-state index contributed by atoms with van der Waals surface area (Å²) in [6.45, 7) is 3.14. The first-order valence-electron chi connectivity index (χ1n) is 6.83. The molecule has 18 heavy (non-hydrogen) atoms. The molecule has 2 fully saturated rings. The maximum Gasteiger partial charge on any atom is 0.225 e. The lowest BCUT2D eigenvalue weighted by atomic mass is 9.77. The quantitative estimate of drug-likeness (QED) is 0.771. The molecule has 0 aromatic carbocycles. The van der Waals surface area contributed by atoms with Crippen molar-refractivity contribution in [2.75, 3.05) is 40.3 Å². The summed E-state index contributed by atoms with van der Waals surface area (Å²) in [7, 11) is 3.80. The molecule has 0 aromatic rings. The van der Waals surface area contributed by atoms with Gasteiger partial charge in [0.15, 0.2) is 0 Å². The smallest absolute Gasteiger partial charge is 0.225 e. The summed E-state index contributed by atoms with van der Waals surface area (Å²) in [4.78, 5) is 16.6. The second-order valence-corrected chi connectivity index (χ2v) is 5.66. The van der Waals surface area contributed by atoms with Crippen LogP contribution in [-0.2, 0) is 9.53 Å². The van der Waals surface area contributed by atoms with Crippen molar-refractivity contribution in [1.29, 1.82) is 0 Å². The molecule has 5 nitrogen and oxygen atoms in total. The van der Waals surface area contributed by atoms with Gasteiger partial charge in [0.2, 0.25) is 5.91 Å². The Balaban J connectivity index is 1.95. The average molecular weight is 255 g/mol. The van der Waals surface area contributed by atoms with Crippen LogP contribution < -0.4 is 5.73 Å². The van der Waals surface area contributed by atoms with Crippen LogP contribution in [0.5, 0.6) is 0 Å². The van der Waals surface area contributed by atoms with E-state index in [9.17, 15) is 4.79 Å². The first kappa shape index (κ1) is 13.8. The van der Waals surface area contributed by atoms with Crippen molar-refractivity contribution in [2.45, 2.75) is 37.3 Å². The molecule has 0 radical (unpaired) electrons. The molecule has 1 amide bonds. The van der Waals surface area contributed by atoms with E-state index >= 15 is 0 Å². The summed E-state index contributed by atoms with van der Waals surface area (Å²) >= 11 is 0. The van der Waals surface area contributed by atoms with E-state index in [1.54, 1.807) is 7.11 Å². The molecule has 104 valence electrons. The standard InChI is InChI=1S/C13H25N3O2/c1-15-6-7-16(11(9-14)10-15)12(17)8-13(18-2)4-3-5-13/h11H,3-10,14H2,1-2H3. The molecule has 1 aliphatic carbocycles.